The lowest BCUT2D eigenvalue weighted by atomic mass is 9.94. The number of ether oxygens (including phenoxy) is 1. The Labute approximate surface area is 192 Å². The number of carboxylic acids is 2. The highest BCUT2D eigenvalue weighted by atomic mass is 35.5. The summed E-state index contributed by atoms with van der Waals surface area (Å²) in [5, 5.41) is 19.2. The van der Waals surface area contributed by atoms with Crippen LogP contribution in [-0.2, 0) is 10.2 Å². The van der Waals surface area contributed by atoms with E-state index in [9.17, 15) is 19.8 Å². The van der Waals surface area contributed by atoms with E-state index in [1.165, 1.54) is 6.07 Å². The molecule has 33 heavy (non-hydrogen) atoms. The van der Waals surface area contributed by atoms with E-state index < -0.39 is 17.4 Å². The van der Waals surface area contributed by atoms with E-state index in [1.54, 1.807) is 37.3 Å². The summed E-state index contributed by atoms with van der Waals surface area (Å²) < 4.78 is 5.71. The quantitative estimate of drug-likeness (QED) is 0.359. The largest absolute Gasteiger partial charge is 0.481 e. The molecule has 1 fully saturated rings. The lowest BCUT2D eigenvalue weighted by molar-refractivity contribution is -0.140. The number of aromatic amines is 1. The molecule has 1 aliphatic rings. The number of hydrogen-bond acceptors (Lipinski definition) is 5. The second-order valence-corrected chi connectivity index (χ2v) is 8.49. The SMILES string of the molecule is Cc1ccc(Oc2nc3nc(-c4ccc(C5(C(=O)O)CC5)cc4)c(Cl)cc3[nH]2)cc1C(=O)O. The molecule has 9 heteroatoms. The van der Waals surface area contributed by atoms with Crippen molar-refractivity contribution >= 4 is 34.7 Å². The van der Waals surface area contributed by atoms with Crippen molar-refractivity contribution in [2.24, 2.45) is 0 Å². The van der Waals surface area contributed by atoms with Gasteiger partial charge in [-0.25, -0.2) is 9.78 Å². The van der Waals surface area contributed by atoms with Gasteiger partial charge in [-0.05, 0) is 49.1 Å². The molecular weight excluding hydrogens is 446 g/mol. The Kier molecular flexibility index (Phi) is 4.83. The van der Waals surface area contributed by atoms with E-state index in [4.69, 9.17) is 16.3 Å². The molecule has 0 unspecified atom stereocenters. The lowest BCUT2D eigenvalue weighted by Crippen LogP contribution is -2.19. The third-order valence-electron chi connectivity index (χ3n) is 5.93. The predicted octanol–water partition coefficient (Wildman–Crippen LogP) is 5.19. The number of imidazole rings is 1. The number of benzene rings is 2. The molecule has 0 amide bonds. The zero-order chi connectivity index (χ0) is 23.3. The molecule has 4 aromatic rings. The number of fused-ring (bicyclic) bond motifs is 1. The minimum atomic E-state index is -1.04. The Balaban J connectivity index is 1.45. The second-order valence-electron chi connectivity index (χ2n) is 8.08. The first-order valence-electron chi connectivity index (χ1n) is 10.2. The van der Waals surface area contributed by atoms with Gasteiger partial charge in [-0.3, -0.25) is 4.79 Å². The Morgan fingerprint density at radius 1 is 1.06 bits per heavy atom. The van der Waals surface area contributed by atoms with E-state index in [2.05, 4.69) is 15.0 Å². The van der Waals surface area contributed by atoms with Crippen molar-refractivity contribution in [1.29, 1.82) is 0 Å². The highest BCUT2D eigenvalue weighted by molar-refractivity contribution is 6.33. The third kappa shape index (κ3) is 3.68. The van der Waals surface area contributed by atoms with Gasteiger partial charge < -0.3 is 19.9 Å². The number of carbonyl (C=O) groups is 2. The number of aliphatic carboxylic acids is 1. The molecule has 3 N–H and O–H groups in total. The third-order valence-corrected chi connectivity index (χ3v) is 6.22. The van der Waals surface area contributed by atoms with Crippen LogP contribution in [0.3, 0.4) is 0 Å². The fourth-order valence-corrected chi connectivity index (χ4v) is 4.11. The smallest absolute Gasteiger partial charge is 0.336 e. The van der Waals surface area contributed by atoms with Gasteiger partial charge >= 0.3 is 17.9 Å². The van der Waals surface area contributed by atoms with Gasteiger partial charge in [-0.15, -0.1) is 0 Å². The summed E-state index contributed by atoms with van der Waals surface area (Å²) in [7, 11) is 0. The number of aryl methyl sites for hydroxylation is 1. The van der Waals surface area contributed by atoms with Crippen LogP contribution in [0.5, 0.6) is 11.8 Å². The van der Waals surface area contributed by atoms with Gasteiger partial charge in [0, 0.05) is 5.56 Å². The topological polar surface area (TPSA) is 125 Å². The second kappa shape index (κ2) is 7.60. The molecule has 2 heterocycles. The summed E-state index contributed by atoms with van der Waals surface area (Å²) in [4.78, 5) is 34.8. The van der Waals surface area contributed by atoms with Gasteiger partial charge in [0.2, 0.25) is 0 Å². The van der Waals surface area contributed by atoms with Crippen LogP contribution >= 0.6 is 11.6 Å². The van der Waals surface area contributed by atoms with Crippen molar-refractivity contribution in [3.63, 3.8) is 0 Å². The molecule has 2 aromatic heterocycles. The molecule has 166 valence electrons. The van der Waals surface area contributed by atoms with Crippen molar-refractivity contribution in [3.8, 4) is 23.0 Å². The molecule has 0 aliphatic heterocycles. The Morgan fingerprint density at radius 2 is 1.79 bits per heavy atom. The minimum Gasteiger partial charge on any atom is -0.481 e. The van der Waals surface area contributed by atoms with Gasteiger partial charge in [0.15, 0.2) is 5.65 Å². The van der Waals surface area contributed by atoms with Crippen molar-refractivity contribution in [1.82, 2.24) is 15.0 Å². The number of carboxylic acid groups (broad SMARTS) is 2. The standard InChI is InChI=1S/C24H18ClN3O5/c1-12-2-7-15(10-16(12)21(29)30)33-23-26-18-11-17(25)19(27-20(18)28-23)13-3-5-14(6-4-13)24(8-9-24)22(31)32/h2-7,10-11H,8-9H2,1H3,(H,29,30)(H,31,32)(H,26,27,28). The van der Waals surface area contributed by atoms with Crippen molar-refractivity contribution in [3.05, 3.63) is 70.2 Å². The van der Waals surface area contributed by atoms with Gasteiger partial charge in [-0.1, -0.05) is 41.9 Å². The zero-order valence-electron chi connectivity index (χ0n) is 17.4. The number of halogens is 1. The number of aromatic carboxylic acids is 1. The molecule has 2 aromatic carbocycles. The Hall–Kier alpha value is -3.91. The fraction of sp³-hybridized carbons (Fsp3) is 0.167. The van der Waals surface area contributed by atoms with Gasteiger partial charge in [0.05, 0.1) is 27.2 Å². The maximum Gasteiger partial charge on any atom is 0.336 e. The number of nitrogens with one attached hydrogen (secondary N) is 1. The van der Waals surface area contributed by atoms with Crippen LogP contribution in [-0.4, -0.2) is 37.1 Å². The maximum atomic E-state index is 11.6. The number of pyridine rings is 1. The molecule has 0 saturated heterocycles. The number of rotatable bonds is 6. The summed E-state index contributed by atoms with van der Waals surface area (Å²) in [6.45, 7) is 1.71. The molecule has 0 radical (unpaired) electrons. The molecule has 8 nitrogen and oxygen atoms in total. The maximum absolute atomic E-state index is 11.6. The summed E-state index contributed by atoms with van der Waals surface area (Å²) in [5.41, 5.74) is 2.95. The fourth-order valence-electron chi connectivity index (χ4n) is 3.85. The number of H-pyrrole nitrogens is 1. The number of nitrogens with zero attached hydrogens (tertiary/aromatic N) is 2. The first-order chi connectivity index (χ1) is 15.8. The van der Waals surface area contributed by atoms with Crippen LogP contribution in [0, 0.1) is 6.92 Å². The van der Waals surface area contributed by atoms with E-state index in [0.29, 0.717) is 46.0 Å². The molecule has 1 aliphatic carbocycles. The summed E-state index contributed by atoms with van der Waals surface area (Å²) in [5.74, 6) is -1.52. The van der Waals surface area contributed by atoms with Crippen molar-refractivity contribution < 1.29 is 24.5 Å². The number of aromatic nitrogens is 3. The molecule has 0 bridgehead atoms. The van der Waals surface area contributed by atoms with E-state index >= 15 is 0 Å². The van der Waals surface area contributed by atoms with Crippen molar-refractivity contribution in [2.75, 3.05) is 0 Å². The molecule has 0 atom stereocenters. The predicted molar refractivity (Wildman–Crippen MR) is 121 cm³/mol. The van der Waals surface area contributed by atoms with Crippen LogP contribution in [0.1, 0.15) is 34.3 Å². The highest BCUT2D eigenvalue weighted by Gasteiger charge is 2.51. The van der Waals surface area contributed by atoms with Gasteiger partial charge in [-0.2, -0.15) is 4.98 Å². The van der Waals surface area contributed by atoms with Crippen LogP contribution < -0.4 is 4.74 Å². The average Bonchev–Trinajstić information content (AvgIpc) is 3.51. The Morgan fingerprint density at radius 3 is 2.42 bits per heavy atom. The van der Waals surface area contributed by atoms with E-state index in [0.717, 1.165) is 11.1 Å². The van der Waals surface area contributed by atoms with Crippen LogP contribution in [0.2, 0.25) is 5.02 Å². The lowest BCUT2D eigenvalue weighted by Gasteiger charge is -2.11. The first kappa shape index (κ1) is 21.0. The van der Waals surface area contributed by atoms with Crippen LogP contribution in [0.15, 0.2) is 48.5 Å². The van der Waals surface area contributed by atoms with E-state index in [1.807, 2.05) is 12.1 Å². The van der Waals surface area contributed by atoms with Crippen LogP contribution in [0.4, 0.5) is 0 Å². The average molecular weight is 464 g/mol. The monoisotopic (exact) mass is 463 g/mol. The van der Waals surface area contributed by atoms with Gasteiger partial charge in [0.25, 0.3) is 0 Å². The van der Waals surface area contributed by atoms with Crippen LogP contribution in [0.25, 0.3) is 22.4 Å². The summed E-state index contributed by atoms with van der Waals surface area (Å²) in [6, 6.07) is 13.8. The van der Waals surface area contributed by atoms with Gasteiger partial charge in [0.1, 0.15) is 5.75 Å². The highest BCUT2D eigenvalue weighted by Crippen LogP contribution is 2.48. The molecule has 0 spiro atoms. The van der Waals surface area contributed by atoms with E-state index in [-0.39, 0.29) is 11.6 Å². The molecule has 5 rings (SSSR count). The zero-order valence-corrected chi connectivity index (χ0v) is 18.2. The van der Waals surface area contributed by atoms with Crippen molar-refractivity contribution in [2.45, 2.75) is 25.2 Å². The normalized spacial score (nSPS) is 14.2. The summed E-state index contributed by atoms with van der Waals surface area (Å²) in [6.07, 6.45) is 1.27. The number of hydrogen-bond donors (Lipinski definition) is 3. The Bertz CT molecular complexity index is 1420. The molecule has 1 saturated carbocycles. The minimum absolute atomic E-state index is 0.145. The first-order valence-corrected chi connectivity index (χ1v) is 10.6. The summed E-state index contributed by atoms with van der Waals surface area (Å²) >= 11 is 6.46. The molecular formula is C24H18ClN3O5.